The highest BCUT2D eigenvalue weighted by atomic mass is 19.3. The summed E-state index contributed by atoms with van der Waals surface area (Å²) in [5.74, 6) is -5.10. The van der Waals surface area contributed by atoms with Crippen LogP contribution in [-0.2, 0) is 9.47 Å². The first kappa shape index (κ1) is 13.9. The zero-order chi connectivity index (χ0) is 12.3. The highest BCUT2D eigenvalue weighted by Gasteiger charge is 2.64. The van der Waals surface area contributed by atoms with Crippen molar-refractivity contribution in [2.45, 2.75) is 32.1 Å². The van der Waals surface area contributed by atoms with Gasteiger partial charge in [0.25, 0.3) is 0 Å². The van der Waals surface area contributed by atoms with Crippen molar-refractivity contribution in [1.29, 1.82) is 0 Å². The minimum absolute atomic E-state index is 0.225. The van der Waals surface area contributed by atoms with Gasteiger partial charge in [0.2, 0.25) is 0 Å². The molecule has 0 aromatic heterocycles. The van der Waals surface area contributed by atoms with E-state index in [0.29, 0.717) is 0 Å². The van der Waals surface area contributed by atoms with E-state index >= 15 is 0 Å². The number of rotatable bonds is 4. The van der Waals surface area contributed by atoms with Crippen molar-refractivity contribution in [3.63, 3.8) is 0 Å². The Hall–Kier alpha value is -1.08. The van der Waals surface area contributed by atoms with Gasteiger partial charge in [0.15, 0.2) is 6.17 Å². The van der Waals surface area contributed by atoms with E-state index in [1.54, 1.807) is 0 Å². The molecule has 0 aliphatic carbocycles. The van der Waals surface area contributed by atoms with E-state index in [4.69, 9.17) is 0 Å². The summed E-state index contributed by atoms with van der Waals surface area (Å²) in [7, 11) is 0. The number of alkyl halides is 5. The third kappa shape index (κ3) is 3.21. The summed E-state index contributed by atoms with van der Waals surface area (Å²) >= 11 is 0. The summed E-state index contributed by atoms with van der Waals surface area (Å²) in [5, 5.41) is 0. The first-order chi connectivity index (χ1) is 6.65. The first-order valence-electron chi connectivity index (χ1n) is 3.90. The number of ether oxygens (including phenoxy) is 2. The van der Waals surface area contributed by atoms with Crippen LogP contribution in [0.2, 0.25) is 0 Å². The molecule has 0 aromatic carbocycles. The molecule has 15 heavy (non-hydrogen) atoms. The van der Waals surface area contributed by atoms with E-state index in [0.717, 1.165) is 0 Å². The standard InChI is InChI=1S/C7H9F5O3/c1-3-14-5(13)15-7(11,12)6(9,10)4(2)8/h4H,3H2,1-2H3. The second-order valence-electron chi connectivity index (χ2n) is 2.54. The molecule has 0 rings (SSSR count). The van der Waals surface area contributed by atoms with Gasteiger partial charge >= 0.3 is 18.2 Å². The summed E-state index contributed by atoms with van der Waals surface area (Å²) in [5.41, 5.74) is 0. The molecule has 0 fully saturated rings. The Morgan fingerprint density at radius 2 is 1.80 bits per heavy atom. The van der Waals surface area contributed by atoms with Crippen molar-refractivity contribution in [2.24, 2.45) is 0 Å². The van der Waals surface area contributed by atoms with Crippen LogP contribution in [0.1, 0.15) is 13.8 Å². The van der Waals surface area contributed by atoms with Gasteiger partial charge in [-0.2, -0.15) is 17.6 Å². The number of carbonyl (C=O) groups excluding carboxylic acids is 1. The molecule has 0 saturated heterocycles. The minimum Gasteiger partial charge on any atom is -0.434 e. The van der Waals surface area contributed by atoms with Gasteiger partial charge in [-0.3, -0.25) is 0 Å². The molecule has 8 heteroatoms. The summed E-state index contributed by atoms with van der Waals surface area (Å²) in [6, 6.07) is 0. The third-order valence-electron chi connectivity index (χ3n) is 1.36. The fraction of sp³-hybridized carbons (Fsp3) is 0.857. The first-order valence-corrected chi connectivity index (χ1v) is 3.90. The fourth-order valence-electron chi connectivity index (χ4n) is 0.552. The Labute approximate surface area is 82.1 Å². The van der Waals surface area contributed by atoms with Crippen LogP contribution >= 0.6 is 0 Å². The predicted molar refractivity (Wildman–Crippen MR) is 38.6 cm³/mol. The Balaban J connectivity index is 4.60. The topological polar surface area (TPSA) is 35.5 Å². The maximum atomic E-state index is 12.5. The molecule has 0 aromatic rings. The summed E-state index contributed by atoms with van der Waals surface area (Å²) in [6.07, 6.45) is -10.4. The lowest BCUT2D eigenvalue weighted by Gasteiger charge is -2.25. The van der Waals surface area contributed by atoms with Crippen molar-refractivity contribution < 1.29 is 36.2 Å². The molecular weight excluding hydrogens is 227 g/mol. The summed E-state index contributed by atoms with van der Waals surface area (Å²) in [4.78, 5) is 10.3. The molecule has 0 amide bonds. The quantitative estimate of drug-likeness (QED) is 0.556. The highest BCUT2D eigenvalue weighted by Crippen LogP contribution is 2.39. The van der Waals surface area contributed by atoms with Crippen LogP contribution in [-0.4, -0.2) is 31.0 Å². The smallest absolute Gasteiger partial charge is 0.434 e. The molecule has 0 radical (unpaired) electrons. The van der Waals surface area contributed by atoms with Gasteiger partial charge in [0.1, 0.15) is 0 Å². The second-order valence-corrected chi connectivity index (χ2v) is 2.54. The number of halogens is 5. The van der Waals surface area contributed by atoms with Crippen LogP contribution in [0.5, 0.6) is 0 Å². The molecule has 0 spiro atoms. The predicted octanol–water partition coefficient (Wildman–Crippen LogP) is 2.75. The molecule has 0 N–H and O–H groups in total. The van der Waals surface area contributed by atoms with Crippen molar-refractivity contribution in [3.8, 4) is 0 Å². The average Bonchev–Trinajstić information content (AvgIpc) is 2.02. The van der Waals surface area contributed by atoms with E-state index in [9.17, 15) is 26.7 Å². The highest BCUT2D eigenvalue weighted by molar-refractivity contribution is 5.60. The minimum atomic E-state index is -5.24. The van der Waals surface area contributed by atoms with Gasteiger partial charge in [-0.05, 0) is 13.8 Å². The molecule has 0 bridgehead atoms. The van der Waals surface area contributed by atoms with E-state index in [1.165, 1.54) is 6.92 Å². The zero-order valence-electron chi connectivity index (χ0n) is 7.90. The van der Waals surface area contributed by atoms with E-state index in [-0.39, 0.29) is 13.5 Å². The van der Waals surface area contributed by atoms with Crippen LogP contribution in [0.3, 0.4) is 0 Å². The number of hydrogen-bond acceptors (Lipinski definition) is 3. The molecule has 90 valence electrons. The lowest BCUT2D eigenvalue weighted by molar-refractivity contribution is -0.341. The monoisotopic (exact) mass is 236 g/mol. The van der Waals surface area contributed by atoms with Crippen molar-refractivity contribution in [3.05, 3.63) is 0 Å². The van der Waals surface area contributed by atoms with E-state index < -0.39 is 24.4 Å². The van der Waals surface area contributed by atoms with E-state index in [2.05, 4.69) is 9.47 Å². The van der Waals surface area contributed by atoms with Crippen molar-refractivity contribution in [2.75, 3.05) is 6.61 Å². The Morgan fingerprint density at radius 3 is 2.13 bits per heavy atom. The van der Waals surface area contributed by atoms with Gasteiger partial charge in [0.05, 0.1) is 6.61 Å². The Bertz CT molecular complexity index is 229. The summed E-state index contributed by atoms with van der Waals surface area (Å²) < 4.78 is 69.0. The zero-order valence-corrected chi connectivity index (χ0v) is 7.90. The van der Waals surface area contributed by atoms with Crippen LogP contribution < -0.4 is 0 Å². The molecular formula is C7H9F5O3. The molecule has 0 heterocycles. The number of hydrogen-bond donors (Lipinski definition) is 0. The fourth-order valence-corrected chi connectivity index (χ4v) is 0.552. The van der Waals surface area contributed by atoms with Crippen LogP contribution in [0.25, 0.3) is 0 Å². The van der Waals surface area contributed by atoms with Crippen LogP contribution in [0, 0.1) is 0 Å². The van der Waals surface area contributed by atoms with Gasteiger partial charge in [-0.1, -0.05) is 0 Å². The average molecular weight is 236 g/mol. The lowest BCUT2D eigenvalue weighted by atomic mass is 10.2. The maximum absolute atomic E-state index is 12.5. The van der Waals surface area contributed by atoms with Crippen LogP contribution in [0.4, 0.5) is 26.7 Å². The molecule has 1 atom stereocenters. The third-order valence-corrected chi connectivity index (χ3v) is 1.36. The Morgan fingerprint density at radius 1 is 1.33 bits per heavy atom. The van der Waals surface area contributed by atoms with Crippen molar-refractivity contribution >= 4 is 6.16 Å². The Kier molecular flexibility index (Phi) is 4.29. The van der Waals surface area contributed by atoms with Gasteiger partial charge in [-0.15, -0.1) is 0 Å². The SMILES string of the molecule is CCOC(=O)OC(F)(F)C(F)(F)C(C)F. The van der Waals surface area contributed by atoms with Gasteiger partial charge in [0, 0.05) is 0 Å². The van der Waals surface area contributed by atoms with Gasteiger partial charge < -0.3 is 9.47 Å². The molecule has 0 saturated carbocycles. The number of carbonyl (C=O) groups is 1. The maximum Gasteiger partial charge on any atom is 0.513 e. The summed E-state index contributed by atoms with van der Waals surface area (Å²) in [6.45, 7) is 1.16. The molecule has 0 aliphatic rings. The van der Waals surface area contributed by atoms with E-state index in [1.807, 2.05) is 0 Å². The lowest BCUT2D eigenvalue weighted by Crippen LogP contribution is -2.49. The van der Waals surface area contributed by atoms with Crippen molar-refractivity contribution in [1.82, 2.24) is 0 Å². The van der Waals surface area contributed by atoms with Crippen LogP contribution in [0.15, 0.2) is 0 Å². The largest absolute Gasteiger partial charge is 0.513 e. The normalized spacial score (nSPS) is 14.6. The molecule has 3 nitrogen and oxygen atoms in total. The second kappa shape index (κ2) is 4.63. The van der Waals surface area contributed by atoms with Gasteiger partial charge in [-0.25, -0.2) is 9.18 Å². The molecule has 0 aliphatic heterocycles. The molecule has 1 unspecified atom stereocenters.